The third-order valence-corrected chi connectivity index (χ3v) is 10.6. The van der Waals surface area contributed by atoms with Gasteiger partial charge in [-0.3, -0.25) is 4.79 Å². The van der Waals surface area contributed by atoms with Crippen LogP contribution in [0.2, 0.25) is 12.1 Å². The van der Waals surface area contributed by atoms with Gasteiger partial charge in [0.05, 0.1) is 0 Å². The lowest BCUT2D eigenvalue weighted by molar-refractivity contribution is -0.123. The Morgan fingerprint density at radius 2 is 1.08 bits per heavy atom. The fourth-order valence-corrected chi connectivity index (χ4v) is 6.66. The molecule has 0 bridgehead atoms. The van der Waals surface area contributed by atoms with Gasteiger partial charge in [0.1, 0.15) is 5.78 Å². The minimum Gasteiger partial charge on any atom is -0.377 e. The van der Waals surface area contributed by atoms with E-state index >= 15 is 0 Å². The lowest BCUT2D eigenvalue weighted by atomic mass is 9.91. The molecule has 156 valence electrons. The number of hydrogen-bond acceptors (Lipinski definition) is 7. The van der Waals surface area contributed by atoms with Crippen LogP contribution in [0.5, 0.6) is 0 Å². The van der Waals surface area contributed by atoms with Crippen molar-refractivity contribution in [3.8, 4) is 0 Å². The van der Waals surface area contributed by atoms with E-state index in [4.69, 9.17) is 26.6 Å². The monoisotopic (exact) mass is 410 g/mol. The van der Waals surface area contributed by atoms with Gasteiger partial charge in [0.15, 0.2) is 0 Å². The molecule has 0 amide bonds. The van der Waals surface area contributed by atoms with E-state index in [0.29, 0.717) is 24.3 Å². The van der Waals surface area contributed by atoms with Crippen LogP contribution in [-0.4, -0.2) is 66.1 Å². The number of Topliss-reactive ketones (excluding diaryl/α,β-unsaturated/α-hetero) is 1. The molecule has 0 radical (unpaired) electrons. The minimum absolute atomic E-state index is 0.0319. The quantitative estimate of drug-likeness (QED) is 0.341. The van der Waals surface area contributed by atoms with Crippen molar-refractivity contribution in [1.82, 2.24) is 0 Å². The molecule has 0 aliphatic carbocycles. The predicted molar refractivity (Wildman–Crippen MR) is 105 cm³/mol. The topological polar surface area (TPSA) is 72.5 Å². The molecule has 0 saturated heterocycles. The molecule has 0 atom stereocenters. The Balaban J connectivity index is 4.70. The maximum absolute atomic E-state index is 12.5. The van der Waals surface area contributed by atoms with Crippen LogP contribution < -0.4 is 0 Å². The van der Waals surface area contributed by atoms with E-state index < -0.39 is 17.6 Å². The van der Waals surface area contributed by atoms with E-state index in [-0.39, 0.29) is 5.92 Å². The molecule has 0 N–H and O–H groups in total. The molecule has 0 rings (SSSR count). The highest BCUT2D eigenvalue weighted by atomic mass is 28.4. The van der Waals surface area contributed by atoms with Crippen molar-refractivity contribution >= 4 is 23.4 Å². The van der Waals surface area contributed by atoms with Gasteiger partial charge < -0.3 is 26.6 Å². The third-order valence-electron chi connectivity index (χ3n) is 4.89. The highest BCUT2D eigenvalue weighted by molar-refractivity contribution is 6.60. The molecule has 0 aromatic rings. The largest absolute Gasteiger partial charge is 0.500 e. The molecule has 26 heavy (non-hydrogen) atoms. The first-order valence-electron chi connectivity index (χ1n) is 9.25. The van der Waals surface area contributed by atoms with Crippen molar-refractivity contribution in [3.63, 3.8) is 0 Å². The van der Waals surface area contributed by atoms with E-state index in [1.54, 1.807) is 42.7 Å². The van der Waals surface area contributed by atoms with E-state index in [1.807, 2.05) is 6.92 Å². The second-order valence-corrected chi connectivity index (χ2v) is 12.5. The first-order chi connectivity index (χ1) is 12.4. The van der Waals surface area contributed by atoms with Crippen LogP contribution in [0, 0.1) is 5.92 Å². The zero-order valence-electron chi connectivity index (χ0n) is 17.6. The summed E-state index contributed by atoms with van der Waals surface area (Å²) in [6, 6.07) is 1.42. The van der Waals surface area contributed by atoms with Crippen molar-refractivity contribution in [2.24, 2.45) is 5.92 Å². The summed E-state index contributed by atoms with van der Waals surface area (Å²) in [5, 5.41) is 0. The van der Waals surface area contributed by atoms with Gasteiger partial charge in [-0.1, -0.05) is 6.92 Å². The van der Waals surface area contributed by atoms with Crippen LogP contribution in [-0.2, 0) is 31.4 Å². The molecule has 0 saturated carbocycles. The lowest BCUT2D eigenvalue weighted by Crippen LogP contribution is -2.43. The number of rotatable bonds is 17. The molecule has 0 spiro atoms. The Labute approximate surface area is 161 Å². The smallest absolute Gasteiger partial charge is 0.377 e. The Hall–Kier alpha value is -0.136. The summed E-state index contributed by atoms with van der Waals surface area (Å²) in [7, 11) is 4.53. The SMILES string of the molecule is CCCC(=O)C(CCC[Si](OC)(OC)OC)CCC[Si](OC)(OC)OC. The fourth-order valence-electron chi connectivity index (χ4n) is 3.16. The van der Waals surface area contributed by atoms with Crippen molar-refractivity contribution in [2.75, 3.05) is 42.7 Å². The Morgan fingerprint density at radius 3 is 1.35 bits per heavy atom. The van der Waals surface area contributed by atoms with Crippen LogP contribution in [0.15, 0.2) is 0 Å². The summed E-state index contributed by atoms with van der Waals surface area (Å²) in [6.07, 6.45) is 4.78. The molecule has 7 nitrogen and oxygen atoms in total. The van der Waals surface area contributed by atoms with Gasteiger partial charge >= 0.3 is 17.6 Å². The molecule has 0 heterocycles. The van der Waals surface area contributed by atoms with Gasteiger partial charge in [-0.2, -0.15) is 0 Å². The van der Waals surface area contributed by atoms with E-state index in [9.17, 15) is 4.79 Å². The second-order valence-electron chi connectivity index (χ2n) is 6.29. The average molecular weight is 411 g/mol. The number of carbonyl (C=O) groups is 1. The fraction of sp³-hybridized carbons (Fsp3) is 0.941. The molecule has 0 aliphatic rings. The van der Waals surface area contributed by atoms with Crippen molar-refractivity contribution in [2.45, 2.75) is 57.5 Å². The summed E-state index contributed by atoms with van der Waals surface area (Å²) in [5.74, 6) is 0.357. The average Bonchev–Trinajstić information content (AvgIpc) is 2.68. The predicted octanol–water partition coefficient (Wildman–Crippen LogP) is 3.29. The minimum atomic E-state index is -2.58. The van der Waals surface area contributed by atoms with Gasteiger partial charge in [0.2, 0.25) is 0 Å². The molecule has 0 unspecified atom stereocenters. The van der Waals surface area contributed by atoms with Gasteiger partial charge in [-0.25, -0.2) is 0 Å². The first kappa shape index (κ1) is 25.9. The lowest BCUT2D eigenvalue weighted by Gasteiger charge is -2.26. The number of hydrogen-bond donors (Lipinski definition) is 0. The van der Waals surface area contributed by atoms with Crippen LogP contribution in [0.1, 0.15) is 45.4 Å². The highest BCUT2D eigenvalue weighted by Crippen LogP contribution is 2.26. The van der Waals surface area contributed by atoms with Crippen LogP contribution in [0.4, 0.5) is 0 Å². The summed E-state index contributed by atoms with van der Waals surface area (Å²) >= 11 is 0. The first-order valence-corrected chi connectivity index (χ1v) is 13.1. The highest BCUT2D eigenvalue weighted by Gasteiger charge is 2.38. The number of carbonyl (C=O) groups excluding carboxylic acids is 1. The molecule has 9 heteroatoms. The second kappa shape index (κ2) is 13.9. The van der Waals surface area contributed by atoms with Gasteiger partial charge in [-0.05, 0) is 32.1 Å². The summed E-state index contributed by atoms with van der Waals surface area (Å²) in [4.78, 5) is 12.5. The van der Waals surface area contributed by atoms with E-state index in [2.05, 4.69) is 0 Å². The van der Waals surface area contributed by atoms with E-state index in [0.717, 1.165) is 32.1 Å². The Morgan fingerprint density at radius 1 is 0.731 bits per heavy atom. The van der Waals surface area contributed by atoms with Crippen molar-refractivity contribution in [3.05, 3.63) is 0 Å². The summed E-state index contributed by atoms with van der Waals surface area (Å²) < 4.78 is 32.8. The molecule has 0 fully saturated rings. The molecular formula is C17H38O7Si2. The van der Waals surface area contributed by atoms with Crippen LogP contribution in [0.25, 0.3) is 0 Å². The van der Waals surface area contributed by atoms with Crippen LogP contribution in [0.3, 0.4) is 0 Å². The Kier molecular flexibility index (Phi) is 13.9. The molecular weight excluding hydrogens is 372 g/mol. The van der Waals surface area contributed by atoms with E-state index in [1.165, 1.54) is 0 Å². The molecule has 0 aromatic heterocycles. The summed E-state index contributed by atoms with van der Waals surface area (Å²) in [6.45, 7) is 2.03. The zero-order chi connectivity index (χ0) is 20.1. The third kappa shape index (κ3) is 8.26. The molecule has 0 aromatic carbocycles. The van der Waals surface area contributed by atoms with Crippen molar-refractivity contribution < 1.29 is 31.4 Å². The normalized spacial score (nSPS) is 12.8. The maximum atomic E-state index is 12.5. The maximum Gasteiger partial charge on any atom is 0.500 e. The molecule has 0 aliphatic heterocycles. The van der Waals surface area contributed by atoms with Gasteiger partial charge in [0, 0.05) is 67.1 Å². The number of ketones is 1. The summed E-state index contributed by atoms with van der Waals surface area (Å²) in [5.41, 5.74) is 0. The van der Waals surface area contributed by atoms with Gasteiger partial charge in [0.25, 0.3) is 0 Å². The Bertz CT molecular complexity index is 332. The van der Waals surface area contributed by atoms with Crippen LogP contribution >= 0.6 is 0 Å². The standard InChI is InChI=1S/C17H38O7Si2/c1-8-11-17(18)16(12-9-14-25(19-2,20-3)21-4)13-10-15-26(22-5,23-6)24-7/h16H,8-15H2,1-7H3. The van der Waals surface area contributed by atoms with Gasteiger partial charge in [-0.15, -0.1) is 0 Å². The van der Waals surface area contributed by atoms with Crippen molar-refractivity contribution in [1.29, 1.82) is 0 Å². The zero-order valence-corrected chi connectivity index (χ0v) is 19.6.